The molecule has 0 fully saturated rings. The van der Waals surface area contributed by atoms with Gasteiger partial charge in [0.1, 0.15) is 0 Å². The molecule has 3 heteroatoms. The summed E-state index contributed by atoms with van der Waals surface area (Å²) in [5.41, 5.74) is 0.518. The number of aliphatic hydroxyl groups is 1. The molecule has 0 aliphatic heterocycles. The quantitative estimate of drug-likeness (QED) is 0.901. The van der Waals surface area contributed by atoms with E-state index in [2.05, 4.69) is 0 Å². The molecule has 1 unspecified atom stereocenters. The predicted molar refractivity (Wildman–Crippen MR) is 77.3 cm³/mol. The summed E-state index contributed by atoms with van der Waals surface area (Å²) in [4.78, 5) is 0. The van der Waals surface area contributed by atoms with Gasteiger partial charge in [0.15, 0.2) is 11.6 Å². The minimum absolute atomic E-state index is 0.187. The summed E-state index contributed by atoms with van der Waals surface area (Å²) in [5.74, 6) is -0.267. The monoisotopic (exact) mass is 274 g/mol. The van der Waals surface area contributed by atoms with Crippen molar-refractivity contribution in [2.24, 2.45) is 0 Å². The first-order valence-electron chi connectivity index (χ1n) is 6.69. The fraction of sp³-hybridized carbons (Fsp3) is 0.294. The summed E-state index contributed by atoms with van der Waals surface area (Å²) in [5, 5.41) is 10.8. The summed E-state index contributed by atoms with van der Waals surface area (Å²) in [7, 11) is 1.42. The van der Waals surface area contributed by atoms with Crippen LogP contribution in [0.3, 0.4) is 0 Å². The second-order valence-electron chi connectivity index (χ2n) is 4.90. The molecule has 0 bridgehead atoms. The molecule has 0 amide bonds. The zero-order chi connectivity index (χ0) is 14.6. The lowest BCUT2D eigenvalue weighted by molar-refractivity contribution is 0.0323. The van der Waals surface area contributed by atoms with Crippen LogP contribution in [-0.2, 0) is 12.0 Å². The second-order valence-corrected chi connectivity index (χ2v) is 4.90. The second kappa shape index (κ2) is 6.06. The third-order valence-corrected chi connectivity index (χ3v) is 3.61. The maximum Gasteiger partial charge on any atom is 0.165 e. The van der Waals surface area contributed by atoms with Gasteiger partial charge < -0.3 is 9.84 Å². The molecule has 106 valence electrons. The van der Waals surface area contributed by atoms with Crippen molar-refractivity contribution in [2.75, 3.05) is 7.11 Å². The van der Waals surface area contributed by atoms with Crippen LogP contribution in [0.15, 0.2) is 48.5 Å². The summed E-state index contributed by atoms with van der Waals surface area (Å²) < 4.78 is 18.7. The minimum atomic E-state index is -1.07. The van der Waals surface area contributed by atoms with Crippen LogP contribution in [0.25, 0.3) is 0 Å². The Bertz CT molecular complexity index is 568. The van der Waals surface area contributed by atoms with Gasteiger partial charge in [-0.2, -0.15) is 0 Å². The molecule has 0 aliphatic rings. The van der Waals surface area contributed by atoms with E-state index in [9.17, 15) is 9.50 Å². The molecular weight excluding hydrogens is 255 g/mol. The highest BCUT2D eigenvalue weighted by molar-refractivity contribution is 5.34. The van der Waals surface area contributed by atoms with Crippen molar-refractivity contribution >= 4 is 0 Å². The van der Waals surface area contributed by atoms with E-state index in [-0.39, 0.29) is 5.75 Å². The normalized spacial score (nSPS) is 13.8. The van der Waals surface area contributed by atoms with Gasteiger partial charge in [-0.3, -0.25) is 0 Å². The third kappa shape index (κ3) is 2.99. The van der Waals surface area contributed by atoms with Crippen LogP contribution < -0.4 is 4.74 Å². The van der Waals surface area contributed by atoms with E-state index in [0.717, 1.165) is 5.56 Å². The Kier molecular flexibility index (Phi) is 4.40. The molecule has 2 nitrogen and oxygen atoms in total. The Morgan fingerprint density at radius 2 is 1.85 bits per heavy atom. The molecule has 0 heterocycles. The van der Waals surface area contributed by atoms with Crippen LogP contribution in [0.1, 0.15) is 24.5 Å². The van der Waals surface area contributed by atoms with Gasteiger partial charge in [-0.1, -0.05) is 43.3 Å². The molecule has 0 radical (unpaired) electrons. The van der Waals surface area contributed by atoms with Gasteiger partial charge >= 0.3 is 0 Å². The maximum atomic E-state index is 13.8. The van der Waals surface area contributed by atoms with Gasteiger partial charge in [0.05, 0.1) is 12.7 Å². The summed E-state index contributed by atoms with van der Waals surface area (Å²) >= 11 is 0. The average molecular weight is 274 g/mol. The lowest BCUT2D eigenvalue weighted by atomic mass is 9.85. The first-order chi connectivity index (χ1) is 9.59. The molecule has 2 aromatic carbocycles. The Hall–Kier alpha value is -1.87. The maximum absolute atomic E-state index is 13.8. The van der Waals surface area contributed by atoms with Crippen LogP contribution in [-0.4, -0.2) is 12.2 Å². The average Bonchev–Trinajstić information content (AvgIpc) is 2.48. The summed E-state index contributed by atoms with van der Waals surface area (Å²) in [6.45, 7) is 1.89. The highest BCUT2D eigenvalue weighted by atomic mass is 19.1. The molecule has 20 heavy (non-hydrogen) atoms. The number of methoxy groups -OCH3 is 1. The number of halogens is 1. The van der Waals surface area contributed by atoms with Crippen molar-refractivity contribution in [3.05, 3.63) is 65.5 Å². The largest absolute Gasteiger partial charge is 0.494 e. The van der Waals surface area contributed by atoms with Gasteiger partial charge in [-0.05, 0) is 29.7 Å². The van der Waals surface area contributed by atoms with Crippen molar-refractivity contribution in [3.8, 4) is 5.75 Å². The standard InChI is InChI=1S/C17H19FO2/c1-3-17(19,12-13-7-5-4-6-8-13)14-9-10-16(20-2)15(18)11-14/h4-11,19H,3,12H2,1-2H3. The van der Waals surface area contributed by atoms with E-state index in [4.69, 9.17) is 4.74 Å². The molecule has 2 aromatic rings. The third-order valence-electron chi connectivity index (χ3n) is 3.61. The van der Waals surface area contributed by atoms with Gasteiger partial charge in [0.2, 0.25) is 0 Å². The zero-order valence-corrected chi connectivity index (χ0v) is 11.8. The highest BCUT2D eigenvalue weighted by Gasteiger charge is 2.28. The van der Waals surface area contributed by atoms with E-state index in [0.29, 0.717) is 18.4 Å². The Balaban J connectivity index is 2.33. The minimum Gasteiger partial charge on any atom is -0.494 e. The molecular formula is C17H19FO2. The number of ether oxygens (including phenoxy) is 1. The lowest BCUT2D eigenvalue weighted by Gasteiger charge is -2.28. The summed E-state index contributed by atoms with van der Waals surface area (Å²) in [6.07, 6.45) is 0.962. The Labute approximate surface area is 118 Å². The van der Waals surface area contributed by atoms with E-state index < -0.39 is 11.4 Å². The Morgan fingerprint density at radius 1 is 1.15 bits per heavy atom. The van der Waals surface area contributed by atoms with Crippen molar-refractivity contribution in [1.82, 2.24) is 0 Å². The van der Waals surface area contributed by atoms with Gasteiger partial charge in [-0.15, -0.1) is 0 Å². The van der Waals surface area contributed by atoms with Crippen LogP contribution in [0.5, 0.6) is 5.75 Å². The first kappa shape index (κ1) is 14.5. The number of hydrogen-bond donors (Lipinski definition) is 1. The van der Waals surface area contributed by atoms with Crippen molar-refractivity contribution in [1.29, 1.82) is 0 Å². The molecule has 0 aliphatic carbocycles. The van der Waals surface area contributed by atoms with E-state index in [1.807, 2.05) is 37.3 Å². The van der Waals surface area contributed by atoms with Gasteiger partial charge in [0.25, 0.3) is 0 Å². The van der Waals surface area contributed by atoms with Crippen molar-refractivity contribution in [2.45, 2.75) is 25.4 Å². The number of benzene rings is 2. The van der Waals surface area contributed by atoms with Crippen molar-refractivity contribution in [3.63, 3.8) is 0 Å². The SMILES string of the molecule is CCC(O)(Cc1ccccc1)c1ccc(OC)c(F)c1. The molecule has 2 rings (SSSR count). The molecule has 1 N–H and O–H groups in total. The number of rotatable bonds is 5. The van der Waals surface area contributed by atoms with Crippen LogP contribution in [0, 0.1) is 5.82 Å². The molecule has 0 saturated heterocycles. The Morgan fingerprint density at radius 3 is 2.40 bits per heavy atom. The van der Waals surface area contributed by atoms with Gasteiger partial charge in [0, 0.05) is 6.42 Å². The van der Waals surface area contributed by atoms with Gasteiger partial charge in [-0.25, -0.2) is 4.39 Å². The fourth-order valence-electron chi connectivity index (χ4n) is 2.32. The fourth-order valence-corrected chi connectivity index (χ4v) is 2.32. The van der Waals surface area contributed by atoms with Crippen LogP contribution >= 0.6 is 0 Å². The van der Waals surface area contributed by atoms with Crippen molar-refractivity contribution < 1.29 is 14.2 Å². The molecule has 0 saturated carbocycles. The summed E-state index contributed by atoms with van der Waals surface area (Å²) in [6, 6.07) is 14.3. The molecule has 1 atom stereocenters. The van der Waals surface area contributed by atoms with E-state index >= 15 is 0 Å². The van der Waals surface area contributed by atoms with Crippen LogP contribution in [0.2, 0.25) is 0 Å². The van der Waals surface area contributed by atoms with E-state index in [1.54, 1.807) is 12.1 Å². The first-order valence-corrected chi connectivity index (χ1v) is 6.69. The number of hydrogen-bond acceptors (Lipinski definition) is 2. The van der Waals surface area contributed by atoms with Crippen LogP contribution in [0.4, 0.5) is 4.39 Å². The molecule has 0 spiro atoms. The predicted octanol–water partition coefficient (Wildman–Crippen LogP) is 3.67. The smallest absolute Gasteiger partial charge is 0.165 e. The molecule has 0 aromatic heterocycles. The van der Waals surface area contributed by atoms with E-state index in [1.165, 1.54) is 13.2 Å². The zero-order valence-electron chi connectivity index (χ0n) is 11.8. The topological polar surface area (TPSA) is 29.5 Å². The highest BCUT2D eigenvalue weighted by Crippen LogP contribution is 2.31. The lowest BCUT2D eigenvalue weighted by Crippen LogP contribution is -2.27.